The third kappa shape index (κ3) is 11.6. The number of carboxylic acid groups (broad SMARTS) is 1. The third-order valence-corrected chi connectivity index (χ3v) is 5.40. The summed E-state index contributed by atoms with van der Waals surface area (Å²) in [5, 5.41) is 8.84. The molecule has 5 heteroatoms. The first-order chi connectivity index (χ1) is 13.8. The Hall–Kier alpha value is -1.88. The molecule has 5 nitrogen and oxygen atoms in total. The zero-order valence-electron chi connectivity index (χ0n) is 18.7. The monoisotopic (exact) mass is 405 g/mol. The quantitative estimate of drug-likeness (QED) is 0.361. The van der Waals surface area contributed by atoms with Crippen molar-refractivity contribution in [2.75, 3.05) is 26.3 Å². The number of morpholine rings is 1. The summed E-state index contributed by atoms with van der Waals surface area (Å²) in [7, 11) is 0. The lowest BCUT2D eigenvalue weighted by Gasteiger charge is -2.27. The number of carbonyl (C=O) groups excluding carboxylic acids is 1. The molecule has 1 aliphatic rings. The fourth-order valence-corrected chi connectivity index (χ4v) is 3.31. The number of nitrogens with zero attached hydrogens (tertiary/aromatic N) is 1. The van der Waals surface area contributed by atoms with Crippen LogP contribution in [0.25, 0.3) is 0 Å². The van der Waals surface area contributed by atoms with Crippen LogP contribution in [0.15, 0.2) is 34.9 Å². The van der Waals surface area contributed by atoms with E-state index < -0.39 is 5.97 Å². The van der Waals surface area contributed by atoms with E-state index in [1.54, 1.807) is 13.0 Å². The summed E-state index contributed by atoms with van der Waals surface area (Å²) in [6.45, 7) is 10.9. The Bertz CT molecular complexity index is 612. The first-order valence-corrected chi connectivity index (χ1v) is 10.9. The van der Waals surface area contributed by atoms with Crippen molar-refractivity contribution in [1.82, 2.24) is 4.90 Å². The van der Waals surface area contributed by atoms with Gasteiger partial charge < -0.3 is 14.7 Å². The molecular formula is C24H39NO4. The van der Waals surface area contributed by atoms with Gasteiger partial charge in [0.1, 0.15) is 0 Å². The summed E-state index contributed by atoms with van der Waals surface area (Å²) in [6.07, 6.45) is 12.8. The highest BCUT2D eigenvalue weighted by molar-refractivity contribution is 5.85. The van der Waals surface area contributed by atoms with Crippen LogP contribution in [0, 0.1) is 5.92 Å². The molecule has 0 radical (unpaired) electrons. The topological polar surface area (TPSA) is 66.8 Å². The van der Waals surface area contributed by atoms with Crippen molar-refractivity contribution in [3.05, 3.63) is 34.9 Å². The second-order valence-corrected chi connectivity index (χ2v) is 8.25. The largest absolute Gasteiger partial charge is 0.478 e. The van der Waals surface area contributed by atoms with E-state index >= 15 is 0 Å². The van der Waals surface area contributed by atoms with Crippen LogP contribution in [-0.2, 0) is 14.3 Å². The summed E-state index contributed by atoms with van der Waals surface area (Å²) in [6, 6.07) is 0. The van der Waals surface area contributed by atoms with E-state index in [1.807, 2.05) is 4.90 Å². The highest BCUT2D eigenvalue weighted by Crippen LogP contribution is 2.16. The van der Waals surface area contributed by atoms with Crippen LogP contribution >= 0.6 is 0 Å². The molecule has 0 aliphatic carbocycles. The molecule has 0 spiro atoms. The third-order valence-electron chi connectivity index (χ3n) is 5.40. The molecule has 1 heterocycles. The van der Waals surface area contributed by atoms with Gasteiger partial charge in [0, 0.05) is 25.1 Å². The lowest BCUT2D eigenvalue weighted by atomic mass is 9.99. The number of amides is 1. The molecule has 1 fully saturated rings. The second kappa shape index (κ2) is 14.2. The van der Waals surface area contributed by atoms with Crippen molar-refractivity contribution in [3.63, 3.8) is 0 Å². The molecule has 0 bridgehead atoms. The Kier molecular flexibility index (Phi) is 12.3. The van der Waals surface area contributed by atoms with E-state index in [2.05, 4.69) is 32.9 Å². The molecular weight excluding hydrogens is 366 g/mol. The summed E-state index contributed by atoms with van der Waals surface area (Å²) in [4.78, 5) is 25.0. The van der Waals surface area contributed by atoms with Gasteiger partial charge in [-0.3, -0.25) is 4.79 Å². The van der Waals surface area contributed by atoms with Crippen molar-refractivity contribution in [2.45, 2.75) is 72.6 Å². The van der Waals surface area contributed by atoms with E-state index in [0.29, 0.717) is 31.1 Å². The Morgan fingerprint density at radius 2 is 1.52 bits per heavy atom. The predicted octanol–water partition coefficient (Wildman–Crippen LogP) is 5.14. The molecule has 1 aliphatic heterocycles. The zero-order valence-corrected chi connectivity index (χ0v) is 18.7. The Labute approximate surface area is 176 Å². The van der Waals surface area contributed by atoms with Gasteiger partial charge in [0.15, 0.2) is 0 Å². The van der Waals surface area contributed by atoms with Gasteiger partial charge in [-0.25, -0.2) is 4.79 Å². The fourth-order valence-electron chi connectivity index (χ4n) is 3.31. The molecule has 1 unspecified atom stereocenters. The first-order valence-electron chi connectivity index (χ1n) is 10.9. The summed E-state index contributed by atoms with van der Waals surface area (Å²) < 4.78 is 5.30. The average Bonchev–Trinajstić information content (AvgIpc) is 2.68. The van der Waals surface area contributed by atoms with Gasteiger partial charge in [0.05, 0.1) is 13.2 Å². The summed E-state index contributed by atoms with van der Waals surface area (Å²) >= 11 is 0. The van der Waals surface area contributed by atoms with Crippen molar-refractivity contribution in [3.8, 4) is 0 Å². The maximum absolute atomic E-state index is 12.3. The van der Waals surface area contributed by atoms with Gasteiger partial charge in [0.2, 0.25) is 5.91 Å². The molecule has 1 N–H and O–H groups in total. The highest BCUT2D eigenvalue weighted by Gasteiger charge is 2.18. The Morgan fingerprint density at radius 3 is 2.10 bits per heavy atom. The second-order valence-electron chi connectivity index (χ2n) is 8.25. The van der Waals surface area contributed by atoms with E-state index in [0.717, 1.165) is 51.6 Å². The summed E-state index contributed by atoms with van der Waals surface area (Å²) in [5.74, 6) is -0.179. The molecule has 0 aromatic carbocycles. The number of allylic oxidation sites excluding steroid dienone is 5. The van der Waals surface area contributed by atoms with E-state index in [-0.39, 0.29) is 5.91 Å². The number of carbonyl (C=O) groups is 2. The summed E-state index contributed by atoms with van der Waals surface area (Å²) in [5.41, 5.74) is 3.11. The van der Waals surface area contributed by atoms with Crippen LogP contribution in [0.5, 0.6) is 0 Å². The first kappa shape index (κ1) is 25.2. The van der Waals surface area contributed by atoms with Crippen molar-refractivity contribution in [2.24, 2.45) is 5.92 Å². The average molecular weight is 406 g/mol. The van der Waals surface area contributed by atoms with Gasteiger partial charge in [-0.05, 0) is 65.2 Å². The lowest BCUT2D eigenvalue weighted by Crippen LogP contribution is -2.41. The maximum atomic E-state index is 12.3. The van der Waals surface area contributed by atoms with Gasteiger partial charge in [-0.1, -0.05) is 36.3 Å². The van der Waals surface area contributed by atoms with Gasteiger partial charge in [0.25, 0.3) is 0 Å². The predicted molar refractivity (Wildman–Crippen MR) is 118 cm³/mol. The number of hydrogen-bond donors (Lipinski definition) is 1. The molecule has 1 saturated heterocycles. The van der Waals surface area contributed by atoms with E-state index in [9.17, 15) is 9.59 Å². The number of rotatable bonds is 12. The molecule has 1 amide bonds. The normalized spacial score (nSPS) is 17.4. The van der Waals surface area contributed by atoms with Crippen LogP contribution < -0.4 is 0 Å². The van der Waals surface area contributed by atoms with Crippen molar-refractivity contribution < 1.29 is 19.4 Å². The molecule has 1 atom stereocenters. The van der Waals surface area contributed by atoms with Gasteiger partial charge in [-0.2, -0.15) is 0 Å². The van der Waals surface area contributed by atoms with Crippen molar-refractivity contribution >= 4 is 11.9 Å². The minimum absolute atomic E-state index is 0.260. The SMILES string of the molecule is C/C(=C/CC/C(C)=C/CC/C(C)=C/CCC(C)CC(=O)N1CCOCC1)C(=O)O. The molecule has 0 aromatic heterocycles. The molecule has 1 rings (SSSR count). The van der Waals surface area contributed by atoms with E-state index in [1.165, 1.54) is 11.1 Å². The molecule has 0 aromatic rings. The number of carboxylic acids is 1. The number of hydrogen-bond acceptors (Lipinski definition) is 3. The minimum Gasteiger partial charge on any atom is -0.478 e. The van der Waals surface area contributed by atoms with Gasteiger partial charge >= 0.3 is 5.97 Å². The molecule has 0 saturated carbocycles. The zero-order chi connectivity index (χ0) is 21.6. The molecule has 164 valence electrons. The van der Waals surface area contributed by atoms with Gasteiger partial charge in [-0.15, -0.1) is 0 Å². The van der Waals surface area contributed by atoms with E-state index in [4.69, 9.17) is 9.84 Å². The van der Waals surface area contributed by atoms with Crippen LogP contribution in [0.3, 0.4) is 0 Å². The standard InChI is InChI=1S/C24H39NO4/c1-19(8-5-9-20(2)11-7-13-22(4)24(27)28)10-6-12-21(3)18-23(26)25-14-16-29-17-15-25/h9-10,13,21H,5-8,11-12,14-18H2,1-4H3,(H,27,28)/b19-10+,20-9+,22-13-. The van der Waals surface area contributed by atoms with Crippen LogP contribution in [-0.4, -0.2) is 48.2 Å². The number of ether oxygens (including phenoxy) is 1. The minimum atomic E-state index is -0.841. The van der Waals surface area contributed by atoms with Crippen LogP contribution in [0.1, 0.15) is 72.6 Å². The van der Waals surface area contributed by atoms with Crippen LogP contribution in [0.2, 0.25) is 0 Å². The smallest absolute Gasteiger partial charge is 0.330 e. The molecule has 29 heavy (non-hydrogen) atoms. The lowest BCUT2D eigenvalue weighted by molar-refractivity contribution is -0.136. The number of aliphatic carboxylic acids is 1. The Balaban J connectivity index is 2.21. The Morgan fingerprint density at radius 1 is 0.966 bits per heavy atom. The highest BCUT2D eigenvalue weighted by atomic mass is 16.5. The van der Waals surface area contributed by atoms with Crippen LogP contribution in [0.4, 0.5) is 0 Å². The maximum Gasteiger partial charge on any atom is 0.330 e. The van der Waals surface area contributed by atoms with Crippen molar-refractivity contribution in [1.29, 1.82) is 0 Å². The fraction of sp³-hybridized carbons (Fsp3) is 0.667.